The summed E-state index contributed by atoms with van der Waals surface area (Å²) in [6, 6.07) is 10.8. The lowest BCUT2D eigenvalue weighted by Gasteiger charge is -2.34. The zero-order valence-electron chi connectivity index (χ0n) is 18.4. The molecule has 2 heterocycles. The predicted molar refractivity (Wildman–Crippen MR) is 126 cm³/mol. The summed E-state index contributed by atoms with van der Waals surface area (Å²) in [5, 5.41) is 0. The molecule has 0 aromatic heterocycles. The van der Waals surface area contributed by atoms with E-state index in [0.29, 0.717) is 18.6 Å². The number of halogens is 1. The third kappa shape index (κ3) is 4.13. The standard InChI is InChI=1S/C23H27BrN2O5S/c1-15-12-17-13-18(24)4-6-20(17)26(15)23(27)16-8-10-25(11-9-16)32(28,29)22-14-19(30-2)5-7-21(22)31-3/h4-7,13-16H,8-12H2,1-3H3/t15-/m1/s1. The Morgan fingerprint density at radius 1 is 1.06 bits per heavy atom. The van der Waals surface area contributed by atoms with Gasteiger partial charge in [0.2, 0.25) is 15.9 Å². The normalized spacial score (nSPS) is 19.6. The van der Waals surface area contributed by atoms with Gasteiger partial charge in [-0.2, -0.15) is 4.31 Å². The van der Waals surface area contributed by atoms with E-state index in [2.05, 4.69) is 28.9 Å². The monoisotopic (exact) mass is 522 g/mol. The maximum Gasteiger partial charge on any atom is 0.246 e. The van der Waals surface area contributed by atoms with E-state index >= 15 is 0 Å². The van der Waals surface area contributed by atoms with E-state index in [1.54, 1.807) is 12.1 Å². The van der Waals surface area contributed by atoms with Crippen molar-refractivity contribution in [2.24, 2.45) is 5.92 Å². The lowest BCUT2D eigenvalue weighted by Crippen LogP contribution is -2.46. The molecule has 0 spiro atoms. The Morgan fingerprint density at radius 3 is 2.44 bits per heavy atom. The number of carbonyl (C=O) groups excluding carboxylic acids is 1. The smallest absolute Gasteiger partial charge is 0.246 e. The highest BCUT2D eigenvalue weighted by Gasteiger charge is 2.39. The van der Waals surface area contributed by atoms with Crippen LogP contribution in [-0.2, 0) is 21.2 Å². The molecule has 0 aliphatic carbocycles. The summed E-state index contributed by atoms with van der Waals surface area (Å²) < 4.78 is 39.5. The molecule has 1 fully saturated rings. The number of piperidine rings is 1. The first-order chi connectivity index (χ1) is 15.3. The topological polar surface area (TPSA) is 76.1 Å². The van der Waals surface area contributed by atoms with Gasteiger partial charge in [-0.3, -0.25) is 4.79 Å². The van der Waals surface area contributed by atoms with Crippen molar-refractivity contribution in [3.05, 3.63) is 46.4 Å². The van der Waals surface area contributed by atoms with Crippen LogP contribution in [0.2, 0.25) is 0 Å². The van der Waals surface area contributed by atoms with Crippen molar-refractivity contribution in [3.63, 3.8) is 0 Å². The fraction of sp³-hybridized carbons (Fsp3) is 0.435. The molecule has 2 aliphatic heterocycles. The van der Waals surface area contributed by atoms with Gasteiger partial charge in [0, 0.05) is 41.3 Å². The summed E-state index contributed by atoms with van der Waals surface area (Å²) in [5.74, 6) is 0.598. The molecule has 1 amide bonds. The third-order valence-electron chi connectivity index (χ3n) is 6.29. The number of nitrogens with zero attached hydrogens (tertiary/aromatic N) is 2. The van der Waals surface area contributed by atoms with Crippen molar-refractivity contribution in [2.45, 2.75) is 37.1 Å². The van der Waals surface area contributed by atoms with Crippen LogP contribution in [0, 0.1) is 5.92 Å². The number of amides is 1. The Kier molecular flexibility index (Phi) is 6.51. The Hall–Kier alpha value is -2.10. The number of methoxy groups -OCH3 is 2. The summed E-state index contributed by atoms with van der Waals surface area (Å²) in [5.41, 5.74) is 2.12. The largest absolute Gasteiger partial charge is 0.497 e. The van der Waals surface area contributed by atoms with Crippen LogP contribution in [0.4, 0.5) is 5.69 Å². The number of sulfonamides is 1. The van der Waals surface area contributed by atoms with E-state index in [0.717, 1.165) is 22.1 Å². The van der Waals surface area contributed by atoms with Crippen LogP contribution in [0.5, 0.6) is 11.5 Å². The van der Waals surface area contributed by atoms with Gasteiger partial charge in [-0.25, -0.2) is 8.42 Å². The summed E-state index contributed by atoms with van der Waals surface area (Å²) >= 11 is 3.50. The van der Waals surface area contributed by atoms with Gasteiger partial charge in [0.25, 0.3) is 0 Å². The fourth-order valence-electron chi connectivity index (χ4n) is 4.60. The summed E-state index contributed by atoms with van der Waals surface area (Å²) in [4.78, 5) is 15.3. The second kappa shape index (κ2) is 9.03. The lowest BCUT2D eigenvalue weighted by atomic mass is 9.96. The summed E-state index contributed by atoms with van der Waals surface area (Å²) in [6.07, 6.45) is 1.79. The molecular weight excluding hydrogens is 496 g/mol. The molecule has 32 heavy (non-hydrogen) atoms. The Morgan fingerprint density at radius 2 is 1.78 bits per heavy atom. The van der Waals surface area contributed by atoms with E-state index < -0.39 is 10.0 Å². The molecule has 2 aliphatic rings. The lowest BCUT2D eigenvalue weighted by molar-refractivity contribution is -0.123. The number of carbonyl (C=O) groups is 1. The van der Waals surface area contributed by atoms with Gasteiger partial charge in [0.05, 0.1) is 14.2 Å². The number of benzene rings is 2. The molecule has 0 bridgehead atoms. The predicted octanol–water partition coefficient (Wildman–Crippen LogP) is 3.84. The first kappa shape index (κ1) is 23.1. The first-order valence-corrected chi connectivity index (χ1v) is 12.8. The minimum atomic E-state index is -3.77. The van der Waals surface area contributed by atoms with Gasteiger partial charge in [0.15, 0.2) is 0 Å². The molecule has 172 valence electrons. The molecule has 4 rings (SSSR count). The van der Waals surface area contributed by atoms with Crippen molar-refractivity contribution in [2.75, 3.05) is 32.2 Å². The van der Waals surface area contributed by atoms with E-state index in [1.165, 1.54) is 24.6 Å². The van der Waals surface area contributed by atoms with Crippen LogP contribution in [0.3, 0.4) is 0 Å². The van der Waals surface area contributed by atoms with Crippen molar-refractivity contribution in [1.29, 1.82) is 0 Å². The molecular formula is C23H27BrN2O5S. The highest BCUT2D eigenvalue weighted by molar-refractivity contribution is 9.10. The molecule has 1 atom stereocenters. The summed E-state index contributed by atoms with van der Waals surface area (Å²) in [7, 11) is -0.836. The van der Waals surface area contributed by atoms with Crippen LogP contribution in [0.1, 0.15) is 25.3 Å². The SMILES string of the molecule is COc1ccc(OC)c(S(=O)(=O)N2CCC(C(=O)N3c4ccc(Br)cc4C[C@H]3C)CC2)c1. The molecule has 0 N–H and O–H groups in total. The van der Waals surface area contributed by atoms with Crippen molar-refractivity contribution < 1.29 is 22.7 Å². The zero-order valence-corrected chi connectivity index (χ0v) is 20.8. The van der Waals surface area contributed by atoms with Gasteiger partial charge < -0.3 is 14.4 Å². The maximum absolute atomic E-state index is 13.4. The minimum absolute atomic E-state index is 0.0783. The third-order valence-corrected chi connectivity index (χ3v) is 8.70. The minimum Gasteiger partial charge on any atom is -0.497 e. The second-order valence-electron chi connectivity index (χ2n) is 8.23. The molecule has 0 unspecified atom stereocenters. The Labute approximate surface area is 197 Å². The number of fused-ring (bicyclic) bond motifs is 1. The maximum atomic E-state index is 13.4. The fourth-order valence-corrected chi connectivity index (χ4v) is 6.65. The molecule has 7 nitrogen and oxygen atoms in total. The van der Waals surface area contributed by atoms with Crippen molar-refractivity contribution in [3.8, 4) is 11.5 Å². The Bertz CT molecular complexity index is 1130. The van der Waals surface area contributed by atoms with Crippen LogP contribution in [-0.4, -0.2) is 52.0 Å². The number of hydrogen-bond acceptors (Lipinski definition) is 5. The van der Waals surface area contributed by atoms with Crippen LogP contribution in [0.25, 0.3) is 0 Å². The van der Waals surface area contributed by atoms with Crippen molar-refractivity contribution >= 4 is 37.5 Å². The summed E-state index contributed by atoms with van der Waals surface area (Å²) in [6.45, 7) is 2.63. The molecule has 0 saturated carbocycles. The molecule has 0 radical (unpaired) electrons. The number of ether oxygens (including phenoxy) is 2. The van der Waals surface area contributed by atoms with Crippen LogP contribution < -0.4 is 14.4 Å². The van der Waals surface area contributed by atoms with Gasteiger partial charge >= 0.3 is 0 Å². The average Bonchev–Trinajstić information content (AvgIpc) is 3.12. The van der Waals surface area contributed by atoms with Gasteiger partial charge in [-0.1, -0.05) is 15.9 Å². The average molecular weight is 523 g/mol. The van der Waals surface area contributed by atoms with Gasteiger partial charge in [-0.05, 0) is 62.1 Å². The highest BCUT2D eigenvalue weighted by atomic mass is 79.9. The first-order valence-electron chi connectivity index (χ1n) is 10.6. The number of rotatable bonds is 5. The van der Waals surface area contributed by atoms with E-state index in [4.69, 9.17) is 9.47 Å². The second-order valence-corrected chi connectivity index (χ2v) is 11.1. The molecule has 2 aromatic rings. The van der Waals surface area contributed by atoms with Crippen molar-refractivity contribution in [1.82, 2.24) is 4.31 Å². The van der Waals surface area contributed by atoms with Crippen LogP contribution in [0.15, 0.2) is 45.8 Å². The van der Waals surface area contributed by atoms with E-state index in [1.807, 2.05) is 17.0 Å². The van der Waals surface area contributed by atoms with Gasteiger partial charge in [-0.15, -0.1) is 0 Å². The molecule has 9 heteroatoms. The number of hydrogen-bond donors (Lipinski definition) is 0. The highest BCUT2D eigenvalue weighted by Crippen LogP contribution is 2.37. The zero-order chi connectivity index (χ0) is 23.0. The van der Waals surface area contributed by atoms with E-state index in [9.17, 15) is 13.2 Å². The quantitative estimate of drug-likeness (QED) is 0.596. The van der Waals surface area contributed by atoms with Gasteiger partial charge in [0.1, 0.15) is 16.4 Å². The van der Waals surface area contributed by atoms with Crippen LogP contribution >= 0.6 is 15.9 Å². The molecule has 1 saturated heterocycles. The molecule has 2 aromatic carbocycles. The number of anilines is 1. The van der Waals surface area contributed by atoms with E-state index in [-0.39, 0.29) is 41.6 Å². The Balaban J connectivity index is 1.50.